The summed E-state index contributed by atoms with van der Waals surface area (Å²) in [6.45, 7) is 4.07. The van der Waals surface area contributed by atoms with E-state index in [1.807, 2.05) is 13.8 Å². The average Bonchev–Trinajstić information content (AvgIpc) is 2.36. The second-order valence-electron chi connectivity index (χ2n) is 4.74. The first-order chi connectivity index (χ1) is 8.93. The molecule has 0 heterocycles. The lowest BCUT2D eigenvalue weighted by Gasteiger charge is -2.08. The maximum Gasteiger partial charge on any atom is 0.179 e. The fraction of sp³-hybridized carbons (Fsp3) is 0.500. The Morgan fingerprint density at radius 1 is 1.42 bits per heavy atom. The van der Waals surface area contributed by atoms with E-state index in [-0.39, 0.29) is 17.1 Å². The SMILES string of the molecule is COc1ccc(F)cc1C(=O)CS(=O)CCC(C)C. The summed E-state index contributed by atoms with van der Waals surface area (Å²) in [5, 5.41) is 0. The molecule has 0 aliphatic carbocycles. The molecule has 0 saturated heterocycles. The Morgan fingerprint density at radius 3 is 2.68 bits per heavy atom. The van der Waals surface area contributed by atoms with Crippen molar-refractivity contribution >= 4 is 16.6 Å². The molecule has 106 valence electrons. The maximum absolute atomic E-state index is 13.2. The second kappa shape index (κ2) is 7.38. The molecule has 0 aliphatic rings. The highest BCUT2D eigenvalue weighted by Gasteiger charge is 2.16. The monoisotopic (exact) mass is 286 g/mol. The number of hydrogen-bond donors (Lipinski definition) is 0. The quantitative estimate of drug-likeness (QED) is 0.724. The van der Waals surface area contributed by atoms with E-state index in [1.165, 1.54) is 19.2 Å². The Balaban J connectivity index is 2.72. The third kappa shape index (κ3) is 5.11. The van der Waals surface area contributed by atoms with Gasteiger partial charge in [0, 0.05) is 16.6 Å². The Labute approximate surface area is 115 Å². The Morgan fingerprint density at radius 2 is 2.11 bits per heavy atom. The van der Waals surface area contributed by atoms with E-state index in [0.29, 0.717) is 17.4 Å². The Hall–Kier alpha value is -1.23. The van der Waals surface area contributed by atoms with Gasteiger partial charge in [0.1, 0.15) is 11.6 Å². The first-order valence-electron chi connectivity index (χ1n) is 6.15. The summed E-state index contributed by atoms with van der Waals surface area (Å²) in [5.41, 5.74) is 0.153. The molecule has 3 nitrogen and oxygen atoms in total. The van der Waals surface area contributed by atoms with Crippen LogP contribution < -0.4 is 4.74 Å². The number of benzene rings is 1. The van der Waals surface area contributed by atoms with Crippen LogP contribution >= 0.6 is 0 Å². The van der Waals surface area contributed by atoms with Crippen molar-refractivity contribution in [2.75, 3.05) is 18.6 Å². The topological polar surface area (TPSA) is 43.4 Å². The molecule has 1 aromatic carbocycles. The number of carbonyl (C=O) groups excluding carboxylic acids is 1. The molecule has 1 unspecified atom stereocenters. The van der Waals surface area contributed by atoms with E-state index >= 15 is 0 Å². The molecule has 0 N–H and O–H groups in total. The van der Waals surface area contributed by atoms with Gasteiger partial charge >= 0.3 is 0 Å². The number of ether oxygens (including phenoxy) is 1. The van der Waals surface area contributed by atoms with Gasteiger partial charge in [-0.2, -0.15) is 0 Å². The first kappa shape index (κ1) is 15.8. The second-order valence-corrected chi connectivity index (χ2v) is 6.32. The summed E-state index contributed by atoms with van der Waals surface area (Å²) >= 11 is 0. The third-order valence-electron chi connectivity index (χ3n) is 2.68. The molecule has 1 atom stereocenters. The van der Waals surface area contributed by atoms with Gasteiger partial charge in [-0.15, -0.1) is 0 Å². The summed E-state index contributed by atoms with van der Waals surface area (Å²) in [5.74, 6) is 0.304. The first-order valence-corrected chi connectivity index (χ1v) is 7.64. The molecule has 19 heavy (non-hydrogen) atoms. The molecule has 0 radical (unpaired) electrons. The van der Waals surface area contributed by atoms with Crippen LogP contribution in [0, 0.1) is 11.7 Å². The van der Waals surface area contributed by atoms with E-state index < -0.39 is 16.6 Å². The van der Waals surface area contributed by atoms with E-state index in [2.05, 4.69) is 0 Å². The van der Waals surface area contributed by atoms with Crippen LogP contribution in [0.1, 0.15) is 30.6 Å². The average molecular weight is 286 g/mol. The lowest BCUT2D eigenvalue weighted by atomic mass is 10.1. The Kier molecular flexibility index (Phi) is 6.15. The number of ketones is 1. The lowest BCUT2D eigenvalue weighted by Crippen LogP contribution is -2.15. The van der Waals surface area contributed by atoms with Crippen LogP contribution in [0.15, 0.2) is 18.2 Å². The van der Waals surface area contributed by atoms with Gasteiger partial charge in [0.15, 0.2) is 5.78 Å². The highest BCUT2D eigenvalue weighted by molar-refractivity contribution is 7.85. The van der Waals surface area contributed by atoms with Crippen LogP contribution in [0.3, 0.4) is 0 Å². The third-order valence-corrected chi connectivity index (χ3v) is 3.95. The zero-order valence-corrected chi connectivity index (χ0v) is 12.3. The van der Waals surface area contributed by atoms with Crippen molar-refractivity contribution in [2.45, 2.75) is 20.3 Å². The number of rotatable bonds is 7. The van der Waals surface area contributed by atoms with Crippen LogP contribution in [0.5, 0.6) is 5.75 Å². The fourth-order valence-corrected chi connectivity index (χ4v) is 2.89. The molecule has 0 aromatic heterocycles. The van der Waals surface area contributed by atoms with Crippen molar-refractivity contribution < 1.29 is 18.1 Å². The standard InChI is InChI=1S/C14H19FO3S/c1-10(2)6-7-19(17)9-13(16)12-8-11(15)4-5-14(12)18-3/h4-5,8,10H,6-7,9H2,1-3H3. The molecule has 1 aromatic rings. The van der Waals surface area contributed by atoms with Gasteiger partial charge in [-0.1, -0.05) is 13.8 Å². The molecule has 1 rings (SSSR count). The molecular formula is C14H19FO3S. The predicted octanol–water partition coefficient (Wildman–Crippen LogP) is 2.81. The van der Waals surface area contributed by atoms with E-state index in [4.69, 9.17) is 4.74 Å². The van der Waals surface area contributed by atoms with Crippen molar-refractivity contribution in [3.63, 3.8) is 0 Å². The fourth-order valence-electron chi connectivity index (χ4n) is 1.56. The van der Waals surface area contributed by atoms with Crippen molar-refractivity contribution in [1.82, 2.24) is 0 Å². The smallest absolute Gasteiger partial charge is 0.179 e. The summed E-state index contributed by atoms with van der Waals surface area (Å²) in [6.07, 6.45) is 0.806. The zero-order chi connectivity index (χ0) is 14.4. The van der Waals surface area contributed by atoms with Gasteiger partial charge in [-0.05, 0) is 30.5 Å². The van der Waals surface area contributed by atoms with Crippen molar-refractivity contribution in [1.29, 1.82) is 0 Å². The highest BCUT2D eigenvalue weighted by atomic mass is 32.2. The number of carbonyl (C=O) groups is 1. The van der Waals surface area contributed by atoms with Gasteiger partial charge in [-0.25, -0.2) is 4.39 Å². The molecular weight excluding hydrogens is 267 g/mol. The van der Waals surface area contributed by atoms with Crippen LogP contribution in [0.2, 0.25) is 0 Å². The maximum atomic E-state index is 13.2. The highest BCUT2D eigenvalue weighted by Crippen LogP contribution is 2.20. The van der Waals surface area contributed by atoms with Crippen LogP contribution in [-0.2, 0) is 10.8 Å². The van der Waals surface area contributed by atoms with Crippen molar-refractivity contribution in [3.05, 3.63) is 29.6 Å². The zero-order valence-electron chi connectivity index (χ0n) is 11.4. The lowest BCUT2D eigenvalue weighted by molar-refractivity contribution is 0.101. The Bertz CT molecular complexity index is 472. The molecule has 0 bridgehead atoms. The number of hydrogen-bond acceptors (Lipinski definition) is 3. The van der Waals surface area contributed by atoms with Crippen LogP contribution in [0.4, 0.5) is 4.39 Å². The molecule has 0 amide bonds. The minimum absolute atomic E-state index is 0.0907. The number of halogens is 1. The van der Waals surface area contributed by atoms with Gasteiger partial charge < -0.3 is 4.74 Å². The van der Waals surface area contributed by atoms with Crippen LogP contribution in [0.25, 0.3) is 0 Å². The summed E-state index contributed by atoms with van der Waals surface area (Å²) in [6, 6.07) is 3.76. The normalized spacial score (nSPS) is 12.5. The van der Waals surface area contributed by atoms with Gasteiger partial charge in [0.2, 0.25) is 0 Å². The minimum atomic E-state index is -1.22. The van der Waals surface area contributed by atoms with Crippen molar-refractivity contribution in [2.24, 2.45) is 5.92 Å². The molecule has 0 spiro atoms. The van der Waals surface area contributed by atoms with Gasteiger partial charge in [0.25, 0.3) is 0 Å². The minimum Gasteiger partial charge on any atom is -0.496 e. The van der Waals surface area contributed by atoms with Crippen LogP contribution in [-0.4, -0.2) is 28.6 Å². The molecule has 0 fully saturated rings. The molecule has 0 aliphatic heterocycles. The van der Waals surface area contributed by atoms with Gasteiger partial charge in [-0.3, -0.25) is 9.00 Å². The summed E-state index contributed by atoms with van der Waals surface area (Å²) < 4.78 is 29.9. The van der Waals surface area contributed by atoms with E-state index in [9.17, 15) is 13.4 Å². The largest absolute Gasteiger partial charge is 0.496 e. The summed E-state index contributed by atoms with van der Waals surface area (Å²) in [4.78, 5) is 12.0. The van der Waals surface area contributed by atoms with E-state index in [1.54, 1.807) is 0 Å². The van der Waals surface area contributed by atoms with Gasteiger partial charge in [0.05, 0.1) is 18.4 Å². The number of Topliss-reactive ketones (excluding diaryl/α,β-unsaturated/α-hetero) is 1. The predicted molar refractivity (Wildman–Crippen MR) is 74.6 cm³/mol. The molecule has 0 saturated carbocycles. The number of methoxy groups -OCH3 is 1. The summed E-state index contributed by atoms with van der Waals surface area (Å²) in [7, 11) is 0.201. The molecule has 5 heteroatoms. The van der Waals surface area contributed by atoms with E-state index in [0.717, 1.165) is 12.5 Å². The van der Waals surface area contributed by atoms with Crippen molar-refractivity contribution in [3.8, 4) is 5.75 Å².